The maximum atomic E-state index is 13.1. The van der Waals surface area contributed by atoms with Gasteiger partial charge in [0.1, 0.15) is 5.56 Å². The second-order valence-corrected chi connectivity index (χ2v) is 7.85. The van der Waals surface area contributed by atoms with Crippen LogP contribution in [0.3, 0.4) is 0 Å². The molecule has 0 aromatic carbocycles. The fourth-order valence-electron chi connectivity index (χ4n) is 4.07. The molecular weight excluding hydrogens is 395 g/mol. The number of piperazine rings is 1. The highest BCUT2D eigenvalue weighted by Crippen LogP contribution is 2.31. The first-order chi connectivity index (χ1) is 14.2. The Balaban J connectivity index is 1.48. The van der Waals surface area contributed by atoms with Crippen molar-refractivity contribution in [2.75, 3.05) is 39.8 Å². The molecule has 0 atom stereocenters. The predicted molar refractivity (Wildman–Crippen MR) is 109 cm³/mol. The zero-order chi connectivity index (χ0) is 21.5. The minimum absolute atomic E-state index is 0.139. The molecule has 30 heavy (non-hydrogen) atoms. The third-order valence-electron chi connectivity index (χ3n) is 5.61. The van der Waals surface area contributed by atoms with Crippen LogP contribution in [0.1, 0.15) is 16.7 Å². The van der Waals surface area contributed by atoms with Crippen molar-refractivity contribution >= 4 is 11.0 Å². The van der Waals surface area contributed by atoms with E-state index in [0.29, 0.717) is 12.1 Å². The normalized spacial score (nSPS) is 18.2. The van der Waals surface area contributed by atoms with Gasteiger partial charge in [-0.1, -0.05) is 6.08 Å². The highest BCUT2D eigenvalue weighted by molar-refractivity contribution is 5.79. The Bertz CT molecular complexity index is 1060. The van der Waals surface area contributed by atoms with E-state index in [1.165, 1.54) is 12.6 Å². The van der Waals surface area contributed by atoms with E-state index in [-0.39, 0.29) is 11.1 Å². The van der Waals surface area contributed by atoms with Crippen LogP contribution in [-0.4, -0.2) is 64.4 Å². The van der Waals surface area contributed by atoms with E-state index in [0.717, 1.165) is 38.3 Å². The van der Waals surface area contributed by atoms with Gasteiger partial charge in [0, 0.05) is 58.7 Å². The highest BCUT2D eigenvalue weighted by atomic mass is 19.4. The van der Waals surface area contributed by atoms with E-state index >= 15 is 0 Å². The number of H-pyrrole nitrogens is 1. The van der Waals surface area contributed by atoms with Gasteiger partial charge < -0.3 is 14.8 Å². The molecule has 2 aliphatic rings. The summed E-state index contributed by atoms with van der Waals surface area (Å²) in [5, 5.41) is 0. The van der Waals surface area contributed by atoms with Gasteiger partial charge in [0.2, 0.25) is 0 Å². The molecule has 1 fully saturated rings. The van der Waals surface area contributed by atoms with Crippen molar-refractivity contribution < 1.29 is 13.2 Å². The molecule has 4 heterocycles. The molecule has 160 valence electrons. The number of aryl methyl sites for hydroxylation is 1. The van der Waals surface area contributed by atoms with E-state index in [2.05, 4.69) is 50.1 Å². The third kappa shape index (κ3) is 4.07. The maximum absolute atomic E-state index is 13.1. The van der Waals surface area contributed by atoms with E-state index < -0.39 is 17.3 Å². The summed E-state index contributed by atoms with van der Waals surface area (Å²) in [5.74, 6) is 0. The van der Waals surface area contributed by atoms with Crippen LogP contribution in [0.15, 0.2) is 41.1 Å². The van der Waals surface area contributed by atoms with Crippen LogP contribution < -0.4 is 5.56 Å². The number of rotatable bonds is 3. The fraction of sp³-hybridized carbons (Fsp3) is 0.429. The van der Waals surface area contributed by atoms with E-state index in [1.54, 1.807) is 12.3 Å². The Morgan fingerprint density at radius 1 is 1.20 bits per heavy atom. The quantitative estimate of drug-likeness (QED) is 0.829. The lowest BCUT2D eigenvalue weighted by molar-refractivity contribution is -0.139. The number of pyridine rings is 2. The topological polar surface area (TPSA) is 55.5 Å². The second-order valence-electron chi connectivity index (χ2n) is 7.85. The highest BCUT2D eigenvalue weighted by Gasteiger charge is 2.36. The molecule has 0 amide bonds. The Morgan fingerprint density at radius 2 is 1.93 bits per heavy atom. The predicted octanol–water partition coefficient (Wildman–Crippen LogP) is 2.71. The van der Waals surface area contributed by atoms with Crippen LogP contribution in [0.4, 0.5) is 13.2 Å². The fourth-order valence-corrected chi connectivity index (χ4v) is 4.07. The van der Waals surface area contributed by atoms with Crippen molar-refractivity contribution in [3.8, 4) is 0 Å². The molecule has 0 radical (unpaired) electrons. The van der Waals surface area contributed by atoms with Crippen molar-refractivity contribution in [3.63, 3.8) is 0 Å². The molecule has 1 saturated heterocycles. The first-order valence-electron chi connectivity index (χ1n) is 9.87. The number of hydrogen-bond donors (Lipinski definition) is 1. The summed E-state index contributed by atoms with van der Waals surface area (Å²) in [6.45, 7) is 6.38. The molecule has 2 aromatic heterocycles. The van der Waals surface area contributed by atoms with Crippen LogP contribution in [-0.2, 0) is 12.7 Å². The Labute approximate surface area is 172 Å². The number of halogens is 3. The molecule has 0 bridgehead atoms. The standard InChI is InChI=1S/C21H24F3N5O/c1-14-18(21(22,23)24)20(30)26-17-10-15(11-25-19(14)17)12-28-6-8-29(9-7-28)16-4-3-5-27(2)13-16/h3-4,10-11,13H,5-9,12H2,1-2H3,(H,26,30). The van der Waals surface area contributed by atoms with Crippen molar-refractivity contribution in [2.45, 2.75) is 19.6 Å². The van der Waals surface area contributed by atoms with Crippen molar-refractivity contribution in [2.24, 2.45) is 0 Å². The third-order valence-corrected chi connectivity index (χ3v) is 5.61. The zero-order valence-electron chi connectivity index (χ0n) is 17.0. The van der Waals surface area contributed by atoms with Gasteiger partial charge in [-0.15, -0.1) is 0 Å². The van der Waals surface area contributed by atoms with Crippen LogP contribution in [0, 0.1) is 6.92 Å². The lowest BCUT2D eigenvalue weighted by Gasteiger charge is -2.37. The van der Waals surface area contributed by atoms with Crippen molar-refractivity contribution in [1.29, 1.82) is 0 Å². The van der Waals surface area contributed by atoms with Gasteiger partial charge in [-0.3, -0.25) is 14.7 Å². The lowest BCUT2D eigenvalue weighted by atomic mass is 10.1. The van der Waals surface area contributed by atoms with Crippen molar-refractivity contribution in [3.05, 3.63) is 63.4 Å². The minimum atomic E-state index is -4.70. The number of nitrogens with one attached hydrogen (secondary N) is 1. The average Bonchev–Trinajstić information content (AvgIpc) is 2.67. The molecule has 0 aliphatic carbocycles. The SMILES string of the molecule is Cc1c(C(F)(F)F)c(=O)[nH]c2cc(CN3CCN(C4=CN(C)CC=C4)CC3)cnc12. The van der Waals surface area contributed by atoms with Gasteiger partial charge in [-0.2, -0.15) is 13.2 Å². The molecule has 9 heteroatoms. The molecular formula is C21H24F3N5O. The molecule has 1 N–H and O–H groups in total. The van der Waals surface area contributed by atoms with Crippen LogP contribution in [0.2, 0.25) is 0 Å². The Morgan fingerprint density at radius 3 is 2.60 bits per heavy atom. The van der Waals surface area contributed by atoms with Crippen LogP contribution in [0.5, 0.6) is 0 Å². The summed E-state index contributed by atoms with van der Waals surface area (Å²) in [6, 6.07) is 1.73. The smallest absolute Gasteiger partial charge is 0.375 e. The molecule has 4 rings (SSSR count). The number of aromatic amines is 1. The monoisotopic (exact) mass is 419 g/mol. The molecule has 0 spiro atoms. The summed E-state index contributed by atoms with van der Waals surface area (Å²) < 4.78 is 39.4. The van der Waals surface area contributed by atoms with Gasteiger partial charge in [0.05, 0.1) is 16.7 Å². The Kier molecular flexibility index (Phi) is 5.31. The van der Waals surface area contributed by atoms with Crippen LogP contribution in [0.25, 0.3) is 11.0 Å². The van der Waals surface area contributed by atoms with E-state index in [9.17, 15) is 18.0 Å². The van der Waals surface area contributed by atoms with E-state index in [1.807, 2.05) is 0 Å². The first-order valence-corrected chi connectivity index (χ1v) is 9.87. The largest absolute Gasteiger partial charge is 0.422 e. The lowest BCUT2D eigenvalue weighted by Crippen LogP contribution is -2.45. The van der Waals surface area contributed by atoms with Crippen LogP contribution >= 0.6 is 0 Å². The first kappa shape index (κ1) is 20.5. The average molecular weight is 419 g/mol. The Hall–Kier alpha value is -2.81. The number of fused-ring (bicyclic) bond motifs is 1. The van der Waals surface area contributed by atoms with Gasteiger partial charge in [0.25, 0.3) is 5.56 Å². The molecule has 2 aromatic rings. The van der Waals surface area contributed by atoms with Gasteiger partial charge in [-0.25, -0.2) is 0 Å². The number of likely N-dealkylation sites (N-methyl/N-ethyl adjacent to an activating group) is 1. The summed E-state index contributed by atoms with van der Waals surface area (Å²) >= 11 is 0. The summed E-state index contributed by atoms with van der Waals surface area (Å²) in [7, 11) is 2.05. The number of nitrogens with zero attached hydrogens (tertiary/aromatic N) is 4. The summed E-state index contributed by atoms with van der Waals surface area (Å²) in [4.78, 5) is 25.3. The van der Waals surface area contributed by atoms with E-state index in [4.69, 9.17) is 0 Å². The second kappa shape index (κ2) is 7.79. The zero-order valence-corrected chi connectivity index (χ0v) is 17.0. The molecule has 0 unspecified atom stereocenters. The molecule has 0 saturated carbocycles. The number of allylic oxidation sites excluding steroid dienone is 1. The number of hydrogen-bond acceptors (Lipinski definition) is 5. The molecule has 6 nitrogen and oxygen atoms in total. The van der Waals surface area contributed by atoms with Gasteiger partial charge in [0.15, 0.2) is 0 Å². The summed E-state index contributed by atoms with van der Waals surface area (Å²) in [6.07, 6.45) is 3.34. The molecule has 2 aliphatic heterocycles. The summed E-state index contributed by atoms with van der Waals surface area (Å²) in [5.41, 5.74) is 0.145. The number of alkyl halides is 3. The maximum Gasteiger partial charge on any atom is 0.422 e. The van der Waals surface area contributed by atoms with Gasteiger partial charge >= 0.3 is 6.18 Å². The van der Waals surface area contributed by atoms with Gasteiger partial charge in [-0.05, 0) is 30.2 Å². The van der Waals surface area contributed by atoms with Crippen molar-refractivity contribution in [1.82, 2.24) is 24.7 Å². The number of aromatic nitrogens is 2. The minimum Gasteiger partial charge on any atom is -0.375 e.